The summed E-state index contributed by atoms with van der Waals surface area (Å²) in [6.07, 6.45) is 1.11. The number of amides is 2. The summed E-state index contributed by atoms with van der Waals surface area (Å²) in [5.41, 5.74) is 0. The van der Waals surface area contributed by atoms with Gasteiger partial charge in [0.1, 0.15) is 0 Å². The lowest BCUT2D eigenvalue weighted by Crippen LogP contribution is -2.41. The smallest absolute Gasteiger partial charge is 0.315 e. The molecule has 1 atom stereocenters. The van der Waals surface area contributed by atoms with Crippen LogP contribution >= 0.6 is 11.8 Å². The summed E-state index contributed by atoms with van der Waals surface area (Å²) < 4.78 is 0. The van der Waals surface area contributed by atoms with E-state index in [0.717, 1.165) is 12.2 Å². The second-order valence-corrected chi connectivity index (χ2v) is 3.71. The molecule has 0 bridgehead atoms. The molecule has 1 aliphatic heterocycles. The predicted molar refractivity (Wildman–Crippen MR) is 47.9 cm³/mol. The van der Waals surface area contributed by atoms with Crippen LogP contribution in [0.15, 0.2) is 0 Å². The molecule has 0 radical (unpaired) electrons. The summed E-state index contributed by atoms with van der Waals surface area (Å²) in [6.45, 7) is 2.62. The topological polar surface area (TPSA) is 41.1 Å². The van der Waals surface area contributed by atoms with Gasteiger partial charge in [-0.2, -0.15) is 11.8 Å². The first-order valence-electron chi connectivity index (χ1n) is 3.95. The molecule has 1 aliphatic rings. The van der Waals surface area contributed by atoms with Crippen molar-refractivity contribution in [3.05, 3.63) is 0 Å². The Morgan fingerprint density at radius 2 is 2.55 bits per heavy atom. The Labute approximate surface area is 71.3 Å². The standard InChI is InChI=1S/C7H14N2OS/c1-2-8-7(10)9-6-3-4-11-5-6/h6H,2-5H2,1H3,(H2,8,9,10). The molecule has 1 fully saturated rings. The van der Waals surface area contributed by atoms with Crippen molar-refractivity contribution in [3.63, 3.8) is 0 Å². The second-order valence-electron chi connectivity index (χ2n) is 2.56. The van der Waals surface area contributed by atoms with Gasteiger partial charge in [-0.15, -0.1) is 0 Å². The highest BCUT2D eigenvalue weighted by molar-refractivity contribution is 7.99. The zero-order valence-corrected chi connectivity index (χ0v) is 7.54. The molecule has 1 rings (SSSR count). The Bertz CT molecular complexity index is 134. The Hall–Kier alpha value is -0.380. The monoisotopic (exact) mass is 174 g/mol. The largest absolute Gasteiger partial charge is 0.338 e. The van der Waals surface area contributed by atoms with Crippen molar-refractivity contribution in [2.24, 2.45) is 0 Å². The normalized spacial score (nSPS) is 23.2. The molecule has 0 aromatic heterocycles. The molecule has 4 heteroatoms. The van der Waals surface area contributed by atoms with Crippen molar-refractivity contribution in [1.82, 2.24) is 10.6 Å². The minimum absolute atomic E-state index is 0.0278. The number of hydrogen-bond donors (Lipinski definition) is 2. The van der Waals surface area contributed by atoms with Crippen LogP contribution in [0.2, 0.25) is 0 Å². The number of urea groups is 1. The van der Waals surface area contributed by atoms with Crippen LogP contribution in [0.25, 0.3) is 0 Å². The number of hydrogen-bond acceptors (Lipinski definition) is 2. The average molecular weight is 174 g/mol. The SMILES string of the molecule is CCNC(=O)NC1CCSC1. The van der Waals surface area contributed by atoms with Crippen molar-refractivity contribution in [2.45, 2.75) is 19.4 Å². The van der Waals surface area contributed by atoms with Gasteiger partial charge in [0.2, 0.25) is 0 Å². The van der Waals surface area contributed by atoms with Crippen molar-refractivity contribution in [2.75, 3.05) is 18.1 Å². The van der Waals surface area contributed by atoms with Gasteiger partial charge in [-0.1, -0.05) is 0 Å². The van der Waals surface area contributed by atoms with Gasteiger partial charge in [0, 0.05) is 18.3 Å². The van der Waals surface area contributed by atoms with Gasteiger partial charge < -0.3 is 10.6 Å². The number of carbonyl (C=O) groups is 1. The highest BCUT2D eigenvalue weighted by atomic mass is 32.2. The van der Waals surface area contributed by atoms with Crippen molar-refractivity contribution in [1.29, 1.82) is 0 Å². The van der Waals surface area contributed by atoms with Crippen LogP contribution in [0, 0.1) is 0 Å². The van der Waals surface area contributed by atoms with E-state index in [-0.39, 0.29) is 6.03 Å². The van der Waals surface area contributed by atoms with Crippen LogP contribution < -0.4 is 10.6 Å². The van der Waals surface area contributed by atoms with Gasteiger partial charge >= 0.3 is 6.03 Å². The highest BCUT2D eigenvalue weighted by Crippen LogP contribution is 2.16. The fourth-order valence-electron chi connectivity index (χ4n) is 1.05. The third-order valence-corrected chi connectivity index (χ3v) is 2.76. The predicted octanol–water partition coefficient (Wildman–Crippen LogP) is 0.811. The highest BCUT2D eigenvalue weighted by Gasteiger charge is 2.16. The Morgan fingerprint density at radius 3 is 3.09 bits per heavy atom. The third-order valence-electron chi connectivity index (χ3n) is 1.60. The Kier molecular flexibility index (Phi) is 3.56. The van der Waals surface area contributed by atoms with Gasteiger partial charge in [-0.05, 0) is 19.1 Å². The van der Waals surface area contributed by atoms with Crippen LogP contribution in [0.4, 0.5) is 4.79 Å². The molecule has 0 aliphatic carbocycles. The summed E-state index contributed by atoms with van der Waals surface area (Å²) in [4.78, 5) is 11.0. The molecule has 2 N–H and O–H groups in total. The molecule has 0 aromatic rings. The molecule has 64 valence electrons. The van der Waals surface area contributed by atoms with Gasteiger partial charge in [0.15, 0.2) is 0 Å². The summed E-state index contributed by atoms with van der Waals surface area (Å²) in [6, 6.07) is 0.367. The van der Waals surface area contributed by atoms with Crippen LogP contribution in [0.5, 0.6) is 0 Å². The Balaban J connectivity index is 2.13. The molecule has 0 saturated carbocycles. The van der Waals surface area contributed by atoms with E-state index in [9.17, 15) is 4.79 Å². The molecule has 1 saturated heterocycles. The van der Waals surface area contributed by atoms with Crippen LogP contribution in [-0.2, 0) is 0 Å². The quantitative estimate of drug-likeness (QED) is 0.650. The summed E-state index contributed by atoms with van der Waals surface area (Å²) in [5.74, 6) is 2.24. The molecule has 2 amide bonds. The summed E-state index contributed by atoms with van der Waals surface area (Å²) in [7, 11) is 0. The number of carbonyl (C=O) groups excluding carboxylic acids is 1. The summed E-state index contributed by atoms with van der Waals surface area (Å²) in [5, 5.41) is 5.62. The maximum atomic E-state index is 11.0. The van der Waals surface area contributed by atoms with Gasteiger partial charge in [0.05, 0.1) is 0 Å². The number of thioether (sulfide) groups is 1. The molecule has 11 heavy (non-hydrogen) atoms. The fourth-order valence-corrected chi connectivity index (χ4v) is 2.20. The zero-order valence-electron chi connectivity index (χ0n) is 6.72. The van der Waals surface area contributed by atoms with Crippen LogP contribution in [0.3, 0.4) is 0 Å². The van der Waals surface area contributed by atoms with Crippen LogP contribution in [-0.4, -0.2) is 30.1 Å². The number of nitrogens with one attached hydrogen (secondary N) is 2. The van der Waals surface area contributed by atoms with Crippen molar-refractivity contribution < 1.29 is 4.79 Å². The molecule has 1 unspecified atom stereocenters. The van der Waals surface area contributed by atoms with E-state index in [1.165, 1.54) is 5.75 Å². The molecule has 3 nitrogen and oxygen atoms in total. The third kappa shape index (κ3) is 3.01. The van der Waals surface area contributed by atoms with E-state index in [2.05, 4.69) is 10.6 Å². The lowest BCUT2D eigenvalue weighted by atomic mass is 10.3. The minimum Gasteiger partial charge on any atom is -0.338 e. The fraction of sp³-hybridized carbons (Fsp3) is 0.857. The maximum Gasteiger partial charge on any atom is 0.315 e. The van der Waals surface area contributed by atoms with E-state index in [1.807, 2.05) is 18.7 Å². The van der Waals surface area contributed by atoms with E-state index < -0.39 is 0 Å². The molecule has 1 heterocycles. The van der Waals surface area contributed by atoms with Crippen molar-refractivity contribution >= 4 is 17.8 Å². The second kappa shape index (κ2) is 4.49. The first-order valence-corrected chi connectivity index (χ1v) is 5.10. The number of rotatable bonds is 2. The van der Waals surface area contributed by atoms with Gasteiger partial charge in [0.25, 0.3) is 0 Å². The maximum absolute atomic E-state index is 11.0. The zero-order chi connectivity index (χ0) is 8.10. The molecular formula is C7H14N2OS. The minimum atomic E-state index is -0.0278. The first-order chi connectivity index (χ1) is 5.33. The molecular weight excluding hydrogens is 160 g/mol. The van der Waals surface area contributed by atoms with E-state index in [1.54, 1.807) is 0 Å². The van der Waals surface area contributed by atoms with Gasteiger partial charge in [-0.25, -0.2) is 4.79 Å². The van der Waals surface area contributed by atoms with E-state index in [4.69, 9.17) is 0 Å². The Morgan fingerprint density at radius 1 is 1.73 bits per heavy atom. The molecule has 0 spiro atoms. The van der Waals surface area contributed by atoms with Gasteiger partial charge in [-0.3, -0.25) is 0 Å². The summed E-state index contributed by atoms with van der Waals surface area (Å²) >= 11 is 1.90. The van der Waals surface area contributed by atoms with Crippen molar-refractivity contribution in [3.8, 4) is 0 Å². The van der Waals surface area contributed by atoms with E-state index in [0.29, 0.717) is 12.6 Å². The molecule has 0 aromatic carbocycles. The van der Waals surface area contributed by atoms with Crippen LogP contribution in [0.1, 0.15) is 13.3 Å². The lowest BCUT2D eigenvalue weighted by Gasteiger charge is -2.10. The average Bonchev–Trinajstić information content (AvgIpc) is 2.40. The first kappa shape index (κ1) is 8.71. The van der Waals surface area contributed by atoms with E-state index >= 15 is 0 Å². The lowest BCUT2D eigenvalue weighted by molar-refractivity contribution is 0.238.